The first-order valence-electron chi connectivity index (χ1n) is 8.24. The summed E-state index contributed by atoms with van der Waals surface area (Å²) in [6.07, 6.45) is 0.798. The molecule has 2 nitrogen and oxygen atoms in total. The van der Waals surface area contributed by atoms with Gasteiger partial charge in [-0.25, -0.2) is 0 Å². The Morgan fingerprint density at radius 1 is 0.808 bits per heavy atom. The van der Waals surface area contributed by atoms with Gasteiger partial charge in [-0.05, 0) is 41.5 Å². The lowest BCUT2D eigenvalue weighted by Gasteiger charge is -2.24. The van der Waals surface area contributed by atoms with Gasteiger partial charge in [-0.3, -0.25) is 5.01 Å². The topological polar surface area (TPSA) is 15.6 Å². The molecular weight excluding hydrogens is 387 g/mol. The molecule has 0 bridgehead atoms. The van der Waals surface area contributed by atoms with Gasteiger partial charge in [0.1, 0.15) is 0 Å². The van der Waals surface area contributed by atoms with E-state index in [1.807, 2.05) is 59.6 Å². The summed E-state index contributed by atoms with van der Waals surface area (Å²) in [7, 11) is 0. The van der Waals surface area contributed by atoms with Crippen LogP contribution in [0.5, 0.6) is 0 Å². The van der Waals surface area contributed by atoms with Gasteiger partial charge in [0, 0.05) is 11.4 Å². The summed E-state index contributed by atoms with van der Waals surface area (Å²) in [5, 5.41) is 8.67. The van der Waals surface area contributed by atoms with E-state index in [1.54, 1.807) is 6.07 Å². The summed E-state index contributed by atoms with van der Waals surface area (Å²) in [4.78, 5) is 0. The van der Waals surface area contributed by atoms with Gasteiger partial charge in [0.15, 0.2) is 0 Å². The molecule has 0 radical (unpaired) electrons. The highest BCUT2D eigenvalue weighted by molar-refractivity contribution is 6.42. The summed E-state index contributed by atoms with van der Waals surface area (Å²) >= 11 is 18.4. The number of benzene rings is 3. The van der Waals surface area contributed by atoms with Gasteiger partial charge < -0.3 is 0 Å². The highest BCUT2D eigenvalue weighted by Crippen LogP contribution is 2.38. The molecule has 0 fully saturated rings. The fraction of sp³-hybridized carbons (Fsp3) is 0.0952. The van der Waals surface area contributed by atoms with E-state index in [9.17, 15) is 0 Å². The Morgan fingerprint density at radius 2 is 1.54 bits per heavy atom. The number of hydrazone groups is 1. The molecule has 0 aliphatic carbocycles. The molecule has 1 heterocycles. The fourth-order valence-corrected chi connectivity index (χ4v) is 3.54. The van der Waals surface area contributed by atoms with Crippen molar-refractivity contribution in [1.82, 2.24) is 0 Å². The number of nitrogens with zero attached hydrogens (tertiary/aromatic N) is 2. The number of hydrogen-bond donors (Lipinski definition) is 0. The predicted octanol–water partition coefficient (Wildman–Crippen LogP) is 7.00. The van der Waals surface area contributed by atoms with Gasteiger partial charge in [-0.2, -0.15) is 5.10 Å². The van der Waals surface area contributed by atoms with Gasteiger partial charge in [-0.1, -0.05) is 77.3 Å². The standard InChI is InChI=1S/C21H15Cl3N2/c22-16-8-6-15(7-9-16)21-13-20(14-4-2-1-3-5-14)25-26(21)17-10-11-18(23)19(24)12-17/h1-12,21H,13H2. The van der Waals surface area contributed by atoms with Crippen molar-refractivity contribution in [1.29, 1.82) is 0 Å². The fourth-order valence-electron chi connectivity index (χ4n) is 3.13. The minimum atomic E-state index is 0.0692. The van der Waals surface area contributed by atoms with E-state index in [-0.39, 0.29) is 6.04 Å². The zero-order valence-electron chi connectivity index (χ0n) is 13.7. The zero-order chi connectivity index (χ0) is 18.1. The van der Waals surface area contributed by atoms with Crippen molar-refractivity contribution in [2.75, 3.05) is 5.01 Å². The molecule has 3 aromatic carbocycles. The predicted molar refractivity (Wildman–Crippen MR) is 111 cm³/mol. The molecule has 4 rings (SSSR count). The minimum Gasteiger partial charge on any atom is -0.257 e. The van der Waals surface area contributed by atoms with Gasteiger partial charge in [0.25, 0.3) is 0 Å². The van der Waals surface area contributed by atoms with Crippen molar-refractivity contribution in [2.24, 2.45) is 5.10 Å². The minimum absolute atomic E-state index is 0.0692. The number of halogens is 3. The lowest BCUT2D eigenvalue weighted by Crippen LogP contribution is -2.18. The van der Waals surface area contributed by atoms with Crippen LogP contribution in [0.15, 0.2) is 77.9 Å². The van der Waals surface area contributed by atoms with E-state index in [1.165, 1.54) is 0 Å². The first-order chi connectivity index (χ1) is 12.6. The lowest BCUT2D eigenvalue weighted by atomic mass is 9.98. The molecule has 1 aliphatic rings. The second-order valence-electron chi connectivity index (χ2n) is 6.13. The van der Waals surface area contributed by atoms with E-state index >= 15 is 0 Å². The van der Waals surface area contributed by atoms with Crippen LogP contribution in [0.4, 0.5) is 5.69 Å². The Morgan fingerprint density at radius 3 is 2.23 bits per heavy atom. The molecule has 1 aliphatic heterocycles. The number of rotatable bonds is 3. The molecule has 1 atom stereocenters. The van der Waals surface area contributed by atoms with Crippen LogP contribution < -0.4 is 5.01 Å². The van der Waals surface area contributed by atoms with Gasteiger partial charge >= 0.3 is 0 Å². The van der Waals surface area contributed by atoms with Crippen molar-refractivity contribution in [3.63, 3.8) is 0 Å². The van der Waals surface area contributed by atoms with Crippen molar-refractivity contribution in [2.45, 2.75) is 12.5 Å². The maximum absolute atomic E-state index is 6.24. The van der Waals surface area contributed by atoms with Crippen LogP contribution in [-0.2, 0) is 0 Å². The molecule has 0 spiro atoms. The summed E-state index contributed by atoms with van der Waals surface area (Å²) in [5.74, 6) is 0. The Hall–Kier alpha value is -2.00. The molecule has 0 aromatic heterocycles. The first kappa shape index (κ1) is 17.4. The Kier molecular flexibility index (Phi) is 4.90. The van der Waals surface area contributed by atoms with Crippen LogP contribution in [0.2, 0.25) is 15.1 Å². The average molecular weight is 402 g/mol. The van der Waals surface area contributed by atoms with E-state index in [0.717, 1.165) is 34.0 Å². The Labute approximate surface area is 167 Å². The van der Waals surface area contributed by atoms with Crippen LogP contribution in [-0.4, -0.2) is 5.71 Å². The van der Waals surface area contributed by atoms with Crippen molar-refractivity contribution >= 4 is 46.2 Å². The molecule has 3 aromatic rings. The first-order valence-corrected chi connectivity index (χ1v) is 9.38. The smallest absolute Gasteiger partial charge is 0.0831 e. The molecule has 5 heteroatoms. The van der Waals surface area contributed by atoms with Crippen LogP contribution in [0.1, 0.15) is 23.6 Å². The molecule has 26 heavy (non-hydrogen) atoms. The summed E-state index contributed by atoms with van der Waals surface area (Å²) in [6, 6.07) is 23.8. The molecule has 0 saturated heterocycles. The van der Waals surface area contributed by atoms with Crippen LogP contribution >= 0.6 is 34.8 Å². The summed E-state index contributed by atoms with van der Waals surface area (Å²) in [5.41, 5.74) is 4.21. The van der Waals surface area contributed by atoms with Crippen molar-refractivity contribution in [3.8, 4) is 0 Å². The maximum Gasteiger partial charge on any atom is 0.0831 e. The maximum atomic E-state index is 6.24. The van der Waals surface area contributed by atoms with Gasteiger partial charge in [0.2, 0.25) is 0 Å². The van der Waals surface area contributed by atoms with Gasteiger partial charge in [-0.15, -0.1) is 0 Å². The quantitative estimate of drug-likeness (QED) is 0.461. The Balaban J connectivity index is 1.77. The van der Waals surface area contributed by atoms with E-state index in [2.05, 4.69) is 12.1 Å². The number of hydrogen-bond acceptors (Lipinski definition) is 2. The van der Waals surface area contributed by atoms with E-state index in [4.69, 9.17) is 39.9 Å². The Bertz CT molecular complexity index is 953. The molecule has 0 N–H and O–H groups in total. The average Bonchev–Trinajstić information content (AvgIpc) is 3.11. The highest BCUT2D eigenvalue weighted by atomic mass is 35.5. The van der Waals surface area contributed by atoms with Crippen molar-refractivity contribution < 1.29 is 0 Å². The number of anilines is 1. The summed E-state index contributed by atoms with van der Waals surface area (Å²) < 4.78 is 0. The van der Waals surface area contributed by atoms with Crippen LogP contribution in [0.3, 0.4) is 0 Å². The second kappa shape index (κ2) is 7.32. The van der Waals surface area contributed by atoms with E-state index < -0.39 is 0 Å². The monoisotopic (exact) mass is 400 g/mol. The third-order valence-electron chi connectivity index (χ3n) is 4.44. The van der Waals surface area contributed by atoms with Crippen LogP contribution in [0, 0.1) is 0 Å². The molecule has 1 unspecified atom stereocenters. The third kappa shape index (κ3) is 3.45. The zero-order valence-corrected chi connectivity index (χ0v) is 16.0. The van der Waals surface area contributed by atoms with Crippen molar-refractivity contribution in [3.05, 3.63) is 99.0 Å². The molecule has 130 valence electrons. The molecular formula is C21H15Cl3N2. The van der Waals surface area contributed by atoms with Crippen LogP contribution in [0.25, 0.3) is 0 Å². The molecule has 0 amide bonds. The largest absolute Gasteiger partial charge is 0.257 e. The summed E-state index contributed by atoms with van der Waals surface area (Å²) in [6.45, 7) is 0. The SMILES string of the molecule is Clc1ccc(C2CC(c3ccccc3)=NN2c2ccc(Cl)c(Cl)c2)cc1. The van der Waals surface area contributed by atoms with Gasteiger partial charge in [0.05, 0.1) is 27.5 Å². The highest BCUT2D eigenvalue weighted by Gasteiger charge is 2.30. The second-order valence-corrected chi connectivity index (χ2v) is 7.38. The normalized spacial score (nSPS) is 16.7. The van der Waals surface area contributed by atoms with E-state index in [0.29, 0.717) is 10.0 Å². The molecule has 0 saturated carbocycles. The third-order valence-corrected chi connectivity index (χ3v) is 5.43. The lowest BCUT2D eigenvalue weighted by molar-refractivity contribution is 0.709.